The molecule has 0 spiro atoms. The van der Waals surface area contributed by atoms with Crippen molar-refractivity contribution in [1.82, 2.24) is 4.90 Å². The van der Waals surface area contributed by atoms with Crippen LogP contribution in [0.3, 0.4) is 0 Å². The summed E-state index contributed by atoms with van der Waals surface area (Å²) < 4.78 is 34.0. The van der Waals surface area contributed by atoms with Gasteiger partial charge in [-0.3, -0.25) is 4.90 Å². The first-order chi connectivity index (χ1) is 10.1. The van der Waals surface area contributed by atoms with E-state index in [4.69, 9.17) is 9.84 Å². The van der Waals surface area contributed by atoms with Crippen LogP contribution in [0.5, 0.6) is 11.5 Å². The number of nitrogens with zero attached hydrogens (tertiary/aromatic N) is 1. The molecule has 4 nitrogen and oxygen atoms in total. The van der Waals surface area contributed by atoms with Crippen molar-refractivity contribution < 1.29 is 23.4 Å². The van der Waals surface area contributed by atoms with Crippen LogP contribution in [0, 0.1) is 0 Å². The Bertz CT molecular complexity index is 416. The number of rotatable bonds is 10. The molecule has 0 unspecified atom stereocenters. The summed E-state index contributed by atoms with van der Waals surface area (Å²) in [6.45, 7) is 1.42. The zero-order chi connectivity index (χ0) is 15.7. The first kappa shape index (κ1) is 17.7. The van der Waals surface area contributed by atoms with Crippen LogP contribution < -0.4 is 9.47 Å². The summed E-state index contributed by atoms with van der Waals surface area (Å²) in [5, 5.41) is 9.09. The Kier molecular flexibility index (Phi) is 8.00. The van der Waals surface area contributed by atoms with Crippen molar-refractivity contribution in [2.75, 3.05) is 26.8 Å². The van der Waals surface area contributed by atoms with Gasteiger partial charge in [0.05, 0.1) is 13.7 Å². The van der Waals surface area contributed by atoms with E-state index in [1.54, 1.807) is 12.1 Å². The van der Waals surface area contributed by atoms with E-state index in [9.17, 15) is 8.78 Å². The fourth-order valence-corrected chi connectivity index (χ4v) is 2.05. The predicted molar refractivity (Wildman–Crippen MR) is 76.9 cm³/mol. The lowest BCUT2D eigenvalue weighted by Gasteiger charge is -2.21. The van der Waals surface area contributed by atoms with Gasteiger partial charge in [-0.15, -0.1) is 0 Å². The molecule has 21 heavy (non-hydrogen) atoms. The van der Waals surface area contributed by atoms with Gasteiger partial charge in [0, 0.05) is 13.1 Å². The second-order valence-electron chi connectivity index (χ2n) is 4.72. The summed E-state index contributed by atoms with van der Waals surface area (Å²) in [6, 6.07) is 4.90. The molecular formula is C15H23F2NO3. The van der Waals surface area contributed by atoms with Gasteiger partial charge in [0.1, 0.15) is 0 Å². The summed E-state index contributed by atoms with van der Waals surface area (Å²) in [5.41, 5.74) is 0.929. The van der Waals surface area contributed by atoms with Crippen LogP contribution in [0.2, 0.25) is 0 Å². The summed E-state index contributed by atoms with van der Waals surface area (Å²) in [5.74, 6) is 0.311. The Morgan fingerprint density at radius 2 is 2.00 bits per heavy atom. The average Bonchev–Trinajstić information content (AvgIpc) is 2.46. The maximum absolute atomic E-state index is 12.3. The van der Waals surface area contributed by atoms with Crippen LogP contribution in [0.15, 0.2) is 18.2 Å². The molecule has 0 aliphatic heterocycles. The van der Waals surface area contributed by atoms with Crippen LogP contribution in [0.1, 0.15) is 25.3 Å². The molecular weight excluding hydrogens is 280 g/mol. The SMILES string of the molecule is CCCCN(CCO)Cc1ccc(OC(F)F)c(OC)c1. The third-order valence-electron chi connectivity index (χ3n) is 3.09. The van der Waals surface area contributed by atoms with Gasteiger partial charge >= 0.3 is 6.61 Å². The normalized spacial score (nSPS) is 11.2. The number of ether oxygens (including phenoxy) is 2. The Labute approximate surface area is 124 Å². The molecule has 1 N–H and O–H groups in total. The van der Waals surface area contributed by atoms with Gasteiger partial charge in [-0.1, -0.05) is 19.4 Å². The molecule has 0 saturated heterocycles. The van der Waals surface area contributed by atoms with E-state index < -0.39 is 6.61 Å². The molecule has 0 saturated carbocycles. The number of methoxy groups -OCH3 is 1. The van der Waals surface area contributed by atoms with E-state index >= 15 is 0 Å². The second kappa shape index (κ2) is 9.52. The molecule has 0 bridgehead atoms. The van der Waals surface area contributed by atoms with Crippen LogP contribution in [0.25, 0.3) is 0 Å². The van der Waals surface area contributed by atoms with E-state index in [1.807, 2.05) is 0 Å². The van der Waals surface area contributed by atoms with Gasteiger partial charge in [0.25, 0.3) is 0 Å². The standard InChI is InChI=1S/C15H23F2NO3/c1-3-4-7-18(8-9-19)11-12-5-6-13(21-15(16)17)14(10-12)20-2/h5-6,10,15,19H,3-4,7-9,11H2,1-2H3. The number of benzene rings is 1. The van der Waals surface area contributed by atoms with Crippen LogP contribution in [-0.2, 0) is 6.54 Å². The van der Waals surface area contributed by atoms with Crippen molar-refractivity contribution >= 4 is 0 Å². The van der Waals surface area contributed by atoms with Crippen molar-refractivity contribution in [2.24, 2.45) is 0 Å². The smallest absolute Gasteiger partial charge is 0.387 e. The van der Waals surface area contributed by atoms with Crippen molar-refractivity contribution in [3.05, 3.63) is 23.8 Å². The molecule has 1 aromatic carbocycles. The zero-order valence-electron chi connectivity index (χ0n) is 12.5. The molecule has 0 aliphatic carbocycles. The monoisotopic (exact) mass is 303 g/mol. The first-order valence-electron chi connectivity index (χ1n) is 7.05. The molecule has 120 valence electrons. The summed E-state index contributed by atoms with van der Waals surface area (Å²) in [4.78, 5) is 2.12. The Balaban J connectivity index is 2.77. The van der Waals surface area contributed by atoms with Gasteiger partial charge in [-0.25, -0.2) is 0 Å². The zero-order valence-corrected chi connectivity index (χ0v) is 12.5. The van der Waals surface area contributed by atoms with Gasteiger partial charge in [0.2, 0.25) is 0 Å². The van der Waals surface area contributed by atoms with Crippen LogP contribution in [0.4, 0.5) is 8.78 Å². The largest absolute Gasteiger partial charge is 0.493 e. The molecule has 0 aromatic heterocycles. The van der Waals surface area contributed by atoms with E-state index in [1.165, 1.54) is 13.2 Å². The number of halogens is 2. The van der Waals surface area contributed by atoms with Crippen molar-refractivity contribution in [3.63, 3.8) is 0 Å². The molecule has 0 amide bonds. The molecule has 0 aliphatic rings. The summed E-state index contributed by atoms with van der Waals surface area (Å²) in [7, 11) is 1.42. The fourth-order valence-electron chi connectivity index (χ4n) is 2.05. The number of aliphatic hydroxyl groups is 1. The average molecular weight is 303 g/mol. The van der Waals surface area contributed by atoms with Crippen LogP contribution >= 0.6 is 0 Å². The Morgan fingerprint density at radius 3 is 2.57 bits per heavy atom. The molecule has 6 heteroatoms. The molecule has 0 fully saturated rings. The first-order valence-corrected chi connectivity index (χ1v) is 7.05. The quantitative estimate of drug-likeness (QED) is 0.721. The lowest BCUT2D eigenvalue weighted by Crippen LogP contribution is -2.27. The summed E-state index contributed by atoms with van der Waals surface area (Å²) >= 11 is 0. The van der Waals surface area contributed by atoms with Crippen molar-refractivity contribution in [3.8, 4) is 11.5 Å². The van der Waals surface area contributed by atoms with Gasteiger partial charge in [-0.05, 0) is 30.7 Å². The lowest BCUT2D eigenvalue weighted by atomic mass is 10.1. The summed E-state index contributed by atoms with van der Waals surface area (Å²) in [6.07, 6.45) is 2.12. The van der Waals surface area contributed by atoms with Gasteiger partial charge < -0.3 is 14.6 Å². The molecule has 1 aromatic rings. The molecule has 0 heterocycles. The van der Waals surface area contributed by atoms with Gasteiger partial charge in [-0.2, -0.15) is 8.78 Å². The van der Waals surface area contributed by atoms with Crippen LogP contribution in [-0.4, -0.2) is 43.4 Å². The number of hydrogen-bond donors (Lipinski definition) is 1. The van der Waals surface area contributed by atoms with E-state index in [-0.39, 0.29) is 18.1 Å². The van der Waals surface area contributed by atoms with E-state index in [0.29, 0.717) is 13.1 Å². The number of aliphatic hydroxyl groups excluding tert-OH is 1. The second-order valence-corrected chi connectivity index (χ2v) is 4.72. The van der Waals surface area contributed by atoms with Crippen molar-refractivity contribution in [1.29, 1.82) is 0 Å². The van der Waals surface area contributed by atoms with E-state index in [2.05, 4.69) is 16.6 Å². The fraction of sp³-hybridized carbons (Fsp3) is 0.600. The number of hydrogen-bond acceptors (Lipinski definition) is 4. The third-order valence-corrected chi connectivity index (χ3v) is 3.09. The third kappa shape index (κ3) is 6.27. The minimum absolute atomic E-state index is 0.0264. The predicted octanol–water partition coefficient (Wildman–Crippen LogP) is 2.89. The maximum Gasteiger partial charge on any atom is 0.387 e. The Hall–Kier alpha value is -1.40. The minimum atomic E-state index is -2.87. The van der Waals surface area contributed by atoms with Crippen molar-refractivity contribution in [2.45, 2.75) is 32.9 Å². The highest BCUT2D eigenvalue weighted by atomic mass is 19.3. The highest BCUT2D eigenvalue weighted by Gasteiger charge is 2.12. The maximum atomic E-state index is 12.3. The molecule has 1 rings (SSSR count). The number of unbranched alkanes of at least 4 members (excludes halogenated alkanes) is 1. The molecule has 0 radical (unpaired) electrons. The highest BCUT2D eigenvalue weighted by Crippen LogP contribution is 2.29. The van der Waals surface area contributed by atoms with E-state index in [0.717, 1.165) is 24.9 Å². The Morgan fingerprint density at radius 1 is 1.24 bits per heavy atom. The lowest BCUT2D eigenvalue weighted by molar-refractivity contribution is -0.0512. The number of alkyl halides is 2. The minimum Gasteiger partial charge on any atom is -0.493 e. The van der Waals surface area contributed by atoms with Gasteiger partial charge in [0.15, 0.2) is 11.5 Å². The topological polar surface area (TPSA) is 41.9 Å². The highest BCUT2D eigenvalue weighted by molar-refractivity contribution is 5.43. The molecule has 0 atom stereocenters.